The van der Waals surface area contributed by atoms with E-state index in [1.807, 2.05) is 28.9 Å². The third-order valence-electron chi connectivity index (χ3n) is 4.72. The molecule has 0 fully saturated rings. The van der Waals surface area contributed by atoms with Crippen molar-refractivity contribution in [1.82, 2.24) is 14.9 Å². The fourth-order valence-electron chi connectivity index (χ4n) is 3.41. The zero-order chi connectivity index (χ0) is 18.4. The molecule has 0 bridgehead atoms. The van der Waals surface area contributed by atoms with Crippen LogP contribution in [0.4, 0.5) is 5.69 Å². The van der Waals surface area contributed by atoms with E-state index in [-0.39, 0.29) is 0 Å². The fraction of sp³-hybridized carbons (Fsp3) is 0.211. The van der Waals surface area contributed by atoms with Gasteiger partial charge in [0, 0.05) is 22.3 Å². The number of nitrogens with one attached hydrogen (secondary N) is 1. The van der Waals surface area contributed by atoms with Crippen LogP contribution in [0.2, 0.25) is 0 Å². The van der Waals surface area contributed by atoms with Crippen molar-refractivity contribution in [3.05, 3.63) is 52.0 Å². The first-order valence-electron chi connectivity index (χ1n) is 8.60. The van der Waals surface area contributed by atoms with Crippen molar-refractivity contribution in [1.29, 1.82) is 0 Å². The van der Waals surface area contributed by atoms with Crippen molar-refractivity contribution in [3.63, 3.8) is 0 Å². The Hall–Kier alpha value is -2.32. The van der Waals surface area contributed by atoms with Gasteiger partial charge >= 0.3 is 0 Å². The minimum Gasteiger partial charge on any atom is -0.496 e. The highest BCUT2D eigenvalue weighted by Gasteiger charge is 2.24. The van der Waals surface area contributed by atoms with Gasteiger partial charge in [-0.15, -0.1) is 10.2 Å². The molecule has 0 amide bonds. The Kier molecular flexibility index (Phi) is 4.17. The normalized spacial score (nSPS) is 15.0. The third-order valence-corrected chi connectivity index (χ3v) is 6.28. The van der Waals surface area contributed by atoms with Crippen molar-refractivity contribution in [2.75, 3.05) is 24.7 Å². The zero-order valence-electron chi connectivity index (χ0n) is 14.6. The van der Waals surface area contributed by atoms with Crippen LogP contribution in [-0.4, -0.2) is 40.0 Å². The number of thioether (sulfide) groups is 1. The molecule has 3 heterocycles. The molecule has 2 aliphatic heterocycles. The number of nitrogens with zero attached hydrogens (tertiary/aromatic N) is 4. The molecule has 8 heteroatoms. The minimum absolute atomic E-state index is 0.689. The maximum Gasteiger partial charge on any atom is 0.212 e. The lowest BCUT2D eigenvalue weighted by Gasteiger charge is -2.16. The first-order chi connectivity index (χ1) is 13.2. The SMILES string of the molecule is COc1ccccc1-c1nnc2n1N=C(c1cc(Br)c3c(c1)CCN3)CS2. The summed E-state index contributed by atoms with van der Waals surface area (Å²) in [5.74, 6) is 2.21. The van der Waals surface area contributed by atoms with Gasteiger partial charge in [-0.3, -0.25) is 0 Å². The monoisotopic (exact) mass is 441 g/mol. The lowest BCUT2D eigenvalue weighted by molar-refractivity contribution is 0.416. The van der Waals surface area contributed by atoms with Crippen molar-refractivity contribution >= 4 is 39.1 Å². The molecule has 0 spiro atoms. The van der Waals surface area contributed by atoms with Crippen LogP contribution in [0.3, 0.4) is 0 Å². The van der Waals surface area contributed by atoms with Crippen molar-refractivity contribution in [2.24, 2.45) is 5.10 Å². The summed E-state index contributed by atoms with van der Waals surface area (Å²) in [5.41, 5.74) is 5.54. The summed E-state index contributed by atoms with van der Waals surface area (Å²) >= 11 is 5.33. The van der Waals surface area contributed by atoms with Gasteiger partial charge in [0.15, 0.2) is 5.82 Å². The molecular formula is C19H16BrN5OS. The summed E-state index contributed by atoms with van der Waals surface area (Å²) in [6.07, 6.45) is 1.03. The molecule has 0 saturated carbocycles. The van der Waals surface area contributed by atoms with Gasteiger partial charge in [0.25, 0.3) is 0 Å². The number of hydrogen-bond acceptors (Lipinski definition) is 6. The second kappa shape index (κ2) is 6.69. The summed E-state index contributed by atoms with van der Waals surface area (Å²) in [6.45, 7) is 0.978. The highest BCUT2D eigenvalue weighted by atomic mass is 79.9. The fourth-order valence-corrected chi connectivity index (χ4v) is 4.89. The summed E-state index contributed by atoms with van der Waals surface area (Å²) < 4.78 is 8.39. The lowest BCUT2D eigenvalue weighted by atomic mass is 10.1. The van der Waals surface area contributed by atoms with E-state index in [1.165, 1.54) is 11.3 Å². The highest BCUT2D eigenvalue weighted by Crippen LogP contribution is 2.35. The van der Waals surface area contributed by atoms with Crippen LogP contribution in [-0.2, 0) is 6.42 Å². The molecule has 2 aliphatic rings. The van der Waals surface area contributed by atoms with E-state index in [4.69, 9.17) is 9.84 Å². The molecule has 0 radical (unpaired) electrons. The second-order valence-corrected chi connectivity index (χ2v) is 8.12. The number of fused-ring (bicyclic) bond motifs is 2. The maximum absolute atomic E-state index is 5.49. The number of halogens is 1. The second-order valence-electron chi connectivity index (χ2n) is 6.32. The zero-order valence-corrected chi connectivity index (χ0v) is 17.0. The molecule has 0 atom stereocenters. The quantitative estimate of drug-likeness (QED) is 0.664. The number of hydrogen-bond donors (Lipinski definition) is 1. The van der Waals surface area contributed by atoms with E-state index in [0.717, 1.165) is 50.9 Å². The van der Waals surface area contributed by atoms with Crippen LogP contribution in [0.1, 0.15) is 11.1 Å². The lowest BCUT2D eigenvalue weighted by Crippen LogP contribution is -2.14. The van der Waals surface area contributed by atoms with Gasteiger partial charge in [0.1, 0.15) is 5.75 Å². The van der Waals surface area contributed by atoms with Crippen LogP contribution < -0.4 is 10.1 Å². The van der Waals surface area contributed by atoms with Crippen molar-refractivity contribution in [3.8, 4) is 17.1 Å². The van der Waals surface area contributed by atoms with Crippen molar-refractivity contribution < 1.29 is 4.74 Å². The van der Waals surface area contributed by atoms with Crippen LogP contribution >= 0.6 is 27.7 Å². The minimum atomic E-state index is 0.689. The molecule has 0 saturated heterocycles. The van der Waals surface area contributed by atoms with Gasteiger partial charge in [0.2, 0.25) is 5.16 Å². The Bertz CT molecular complexity index is 1080. The number of ether oxygens (including phenoxy) is 1. The van der Waals surface area contributed by atoms with E-state index in [9.17, 15) is 0 Å². The van der Waals surface area contributed by atoms with Crippen LogP contribution in [0, 0.1) is 0 Å². The Balaban J connectivity index is 1.61. The van der Waals surface area contributed by atoms with Crippen LogP contribution in [0.15, 0.2) is 51.1 Å². The Morgan fingerprint density at radius 2 is 2.11 bits per heavy atom. The van der Waals surface area contributed by atoms with Crippen LogP contribution in [0.5, 0.6) is 5.75 Å². The number of aromatic nitrogens is 3. The molecule has 1 aromatic heterocycles. The van der Waals surface area contributed by atoms with Crippen molar-refractivity contribution in [2.45, 2.75) is 11.6 Å². The van der Waals surface area contributed by atoms with Gasteiger partial charge in [0.05, 0.1) is 24.1 Å². The average Bonchev–Trinajstić information content (AvgIpc) is 3.34. The number of anilines is 1. The number of para-hydroxylation sites is 1. The summed E-state index contributed by atoms with van der Waals surface area (Å²) in [7, 11) is 1.66. The third kappa shape index (κ3) is 2.83. The summed E-state index contributed by atoms with van der Waals surface area (Å²) in [5, 5.41) is 17.8. The molecule has 1 N–H and O–H groups in total. The predicted octanol–water partition coefficient (Wildman–Crippen LogP) is 4.04. The number of benzene rings is 2. The summed E-state index contributed by atoms with van der Waals surface area (Å²) in [6, 6.07) is 12.2. The van der Waals surface area contributed by atoms with Crippen LogP contribution in [0.25, 0.3) is 11.4 Å². The molecular weight excluding hydrogens is 426 g/mol. The Morgan fingerprint density at radius 1 is 1.22 bits per heavy atom. The largest absolute Gasteiger partial charge is 0.496 e. The number of rotatable bonds is 3. The van der Waals surface area contributed by atoms with Gasteiger partial charge in [-0.1, -0.05) is 23.9 Å². The maximum atomic E-state index is 5.49. The first-order valence-corrected chi connectivity index (χ1v) is 10.4. The molecule has 3 aromatic rings. The molecule has 6 nitrogen and oxygen atoms in total. The van der Waals surface area contributed by atoms with Gasteiger partial charge in [-0.25, -0.2) is 0 Å². The predicted molar refractivity (Wildman–Crippen MR) is 111 cm³/mol. The highest BCUT2D eigenvalue weighted by molar-refractivity contribution is 9.10. The van der Waals surface area contributed by atoms with Gasteiger partial charge < -0.3 is 10.1 Å². The van der Waals surface area contributed by atoms with Gasteiger partial charge in [-0.05, 0) is 52.2 Å². The van der Waals surface area contributed by atoms with E-state index < -0.39 is 0 Å². The number of methoxy groups -OCH3 is 1. The Labute approximate surface area is 169 Å². The molecule has 2 aromatic carbocycles. The van der Waals surface area contributed by atoms with E-state index in [2.05, 4.69) is 43.6 Å². The smallest absolute Gasteiger partial charge is 0.212 e. The molecule has 0 unspecified atom stereocenters. The topological polar surface area (TPSA) is 64.3 Å². The molecule has 136 valence electrons. The average molecular weight is 442 g/mol. The van der Waals surface area contributed by atoms with E-state index in [0.29, 0.717) is 5.82 Å². The van der Waals surface area contributed by atoms with E-state index in [1.54, 1.807) is 18.9 Å². The summed E-state index contributed by atoms with van der Waals surface area (Å²) in [4.78, 5) is 0. The standard InChI is InChI=1S/C19H16BrN5OS/c1-26-16-5-3-2-4-13(16)18-22-23-19-25(18)24-15(10-27-19)12-8-11-6-7-21-17(11)14(20)9-12/h2-5,8-9,21H,6-7,10H2,1H3. The van der Waals surface area contributed by atoms with E-state index >= 15 is 0 Å². The molecule has 5 rings (SSSR count). The van der Waals surface area contributed by atoms with Gasteiger partial charge in [-0.2, -0.15) is 9.78 Å². The molecule has 27 heavy (non-hydrogen) atoms. The first kappa shape index (κ1) is 16.8. The molecule has 0 aliphatic carbocycles. The Morgan fingerprint density at radius 3 is 3.00 bits per heavy atom.